The zero-order valence-corrected chi connectivity index (χ0v) is 20.5. The van der Waals surface area contributed by atoms with Gasteiger partial charge in [-0.15, -0.1) is 0 Å². The Hall–Kier alpha value is -4.66. The van der Waals surface area contributed by atoms with Gasteiger partial charge in [0, 0.05) is 11.4 Å². The van der Waals surface area contributed by atoms with Crippen LogP contribution in [0.15, 0.2) is 59.2 Å². The first-order chi connectivity index (χ1) is 17.2. The number of carboxylic acid groups (broad SMARTS) is 1. The lowest BCUT2D eigenvalue weighted by Gasteiger charge is -2.15. The fraction of sp³-hybridized carbons (Fsp3) is 0.185. The topological polar surface area (TPSA) is 110 Å². The molecule has 0 bridgehead atoms. The summed E-state index contributed by atoms with van der Waals surface area (Å²) in [6, 6.07) is 13.0. The number of hydrogen-bond donors (Lipinski definition) is 1. The summed E-state index contributed by atoms with van der Waals surface area (Å²) in [6.07, 6.45) is 1.78. The molecule has 2 heterocycles. The molecule has 2 aromatic carbocycles. The van der Waals surface area contributed by atoms with Gasteiger partial charge in [0.25, 0.3) is 5.91 Å². The molecule has 1 aromatic heterocycles. The smallest absolute Gasteiger partial charge is 0.337 e. The highest BCUT2D eigenvalue weighted by atomic mass is 16.5. The summed E-state index contributed by atoms with van der Waals surface area (Å²) in [4.78, 5) is 36.4. The molecular weight excluding hydrogens is 462 g/mol. The lowest BCUT2D eigenvalue weighted by molar-refractivity contribution is -0.114. The Bertz CT molecular complexity index is 1450. The minimum absolute atomic E-state index is 0.126. The van der Waals surface area contributed by atoms with Crippen molar-refractivity contribution in [2.75, 3.05) is 19.2 Å². The maximum absolute atomic E-state index is 13.2. The van der Waals surface area contributed by atoms with Crippen LogP contribution < -0.4 is 9.75 Å². The lowest BCUT2D eigenvalue weighted by Crippen LogP contribution is -2.21. The second kappa shape index (κ2) is 9.53. The van der Waals surface area contributed by atoms with Crippen molar-refractivity contribution in [1.82, 2.24) is 4.57 Å². The summed E-state index contributed by atoms with van der Waals surface area (Å²) < 4.78 is 12.3. The fourth-order valence-electron chi connectivity index (χ4n) is 4.17. The first kappa shape index (κ1) is 24.5. The average molecular weight is 488 g/mol. The lowest BCUT2D eigenvalue weighted by atomic mass is 10.1. The molecule has 9 heteroatoms. The molecule has 1 aliphatic rings. The molecule has 1 amide bonds. The summed E-state index contributed by atoms with van der Waals surface area (Å²) in [7, 11) is 2.89. The monoisotopic (exact) mass is 487 g/mol. The molecule has 1 aliphatic heterocycles. The molecule has 4 rings (SSSR count). The van der Waals surface area contributed by atoms with Gasteiger partial charge in [-0.05, 0) is 80.9 Å². The Balaban J connectivity index is 1.73. The van der Waals surface area contributed by atoms with E-state index in [1.165, 1.54) is 24.3 Å². The molecule has 1 N–H and O–H groups in total. The number of esters is 1. The number of carbonyl (C=O) groups is 3. The van der Waals surface area contributed by atoms with Crippen LogP contribution in [0.4, 0.5) is 5.69 Å². The second-order valence-electron chi connectivity index (χ2n) is 8.25. The number of nitrogens with zero attached hydrogens (tertiary/aromatic N) is 3. The van der Waals surface area contributed by atoms with Crippen LogP contribution in [0.2, 0.25) is 0 Å². The third kappa shape index (κ3) is 4.26. The molecule has 9 nitrogen and oxygen atoms in total. The minimum Gasteiger partial charge on any atom is -0.495 e. The van der Waals surface area contributed by atoms with Crippen molar-refractivity contribution in [3.63, 3.8) is 0 Å². The van der Waals surface area contributed by atoms with Gasteiger partial charge in [0.2, 0.25) is 0 Å². The Morgan fingerprint density at radius 1 is 0.972 bits per heavy atom. The third-order valence-electron chi connectivity index (χ3n) is 6.03. The van der Waals surface area contributed by atoms with Gasteiger partial charge < -0.3 is 19.1 Å². The van der Waals surface area contributed by atoms with Crippen molar-refractivity contribution in [2.45, 2.75) is 20.8 Å². The number of hydrogen-bond acceptors (Lipinski definition) is 6. The quantitative estimate of drug-likeness (QED) is 0.408. The van der Waals surface area contributed by atoms with Crippen LogP contribution in [0.3, 0.4) is 0 Å². The van der Waals surface area contributed by atoms with Gasteiger partial charge in [-0.3, -0.25) is 4.79 Å². The molecule has 0 fully saturated rings. The number of carbonyl (C=O) groups excluding carboxylic acids is 2. The molecular formula is C27H25N3O6. The van der Waals surface area contributed by atoms with Gasteiger partial charge in [0.1, 0.15) is 5.75 Å². The predicted molar refractivity (Wildman–Crippen MR) is 135 cm³/mol. The highest BCUT2D eigenvalue weighted by Gasteiger charge is 2.29. The number of benzene rings is 2. The highest BCUT2D eigenvalue weighted by molar-refractivity contribution is 6.32. The maximum Gasteiger partial charge on any atom is 0.337 e. The van der Waals surface area contributed by atoms with Crippen molar-refractivity contribution in [1.29, 1.82) is 0 Å². The van der Waals surface area contributed by atoms with Crippen molar-refractivity contribution in [3.05, 3.63) is 82.2 Å². The molecule has 184 valence electrons. The Morgan fingerprint density at radius 3 is 2.25 bits per heavy atom. The molecule has 36 heavy (non-hydrogen) atoms. The van der Waals surface area contributed by atoms with Gasteiger partial charge in [0.15, 0.2) is 0 Å². The van der Waals surface area contributed by atoms with Crippen LogP contribution in [0.25, 0.3) is 11.8 Å². The number of aromatic carboxylic acids is 1. The number of anilines is 1. The largest absolute Gasteiger partial charge is 0.495 e. The molecule has 0 saturated carbocycles. The highest BCUT2D eigenvalue weighted by Crippen LogP contribution is 2.32. The molecule has 0 spiro atoms. The number of methoxy groups -OCH3 is 2. The van der Waals surface area contributed by atoms with E-state index in [-0.39, 0.29) is 11.5 Å². The maximum atomic E-state index is 13.2. The number of aryl methyl sites for hydroxylation is 1. The zero-order chi connectivity index (χ0) is 26.1. The van der Waals surface area contributed by atoms with E-state index in [0.717, 1.165) is 17.0 Å². The Labute approximate surface area is 207 Å². The Morgan fingerprint density at radius 2 is 1.64 bits per heavy atom. The van der Waals surface area contributed by atoms with Crippen LogP contribution in [0, 0.1) is 13.8 Å². The van der Waals surface area contributed by atoms with Gasteiger partial charge >= 0.3 is 11.9 Å². The summed E-state index contributed by atoms with van der Waals surface area (Å²) >= 11 is 0. The molecule has 0 aliphatic carbocycles. The molecule has 0 saturated heterocycles. The second-order valence-corrected chi connectivity index (χ2v) is 8.25. The van der Waals surface area contributed by atoms with Crippen LogP contribution in [-0.4, -0.2) is 47.5 Å². The SMILES string of the molecule is COC(=O)c1ccc(OC)c(-n2c(C)cc(C=C3C(=O)N(c4ccc(C(=O)O)cc4)N=C3C)c2C)c1. The van der Waals surface area contributed by atoms with Crippen LogP contribution in [-0.2, 0) is 9.53 Å². The van der Waals surface area contributed by atoms with E-state index in [1.807, 2.05) is 24.5 Å². The van der Waals surface area contributed by atoms with Crippen LogP contribution >= 0.6 is 0 Å². The van der Waals surface area contributed by atoms with Gasteiger partial charge in [-0.2, -0.15) is 10.1 Å². The van der Waals surface area contributed by atoms with Gasteiger partial charge in [0.05, 0.1) is 48.0 Å². The van der Waals surface area contributed by atoms with E-state index in [0.29, 0.717) is 34.0 Å². The number of ether oxygens (including phenoxy) is 2. The summed E-state index contributed by atoms with van der Waals surface area (Å²) in [5.74, 6) is -1.23. The summed E-state index contributed by atoms with van der Waals surface area (Å²) in [5, 5.41) is 14.8. The van der Waals surface area contributed by atoms with E-state index in [4.69, 9.17) is 14.6 Å². The van der Waals surface area contributed by atoms with Crippen molar-refractivity contribution < 1.29 is 29.0 Å². The number of aromatic nitrogens is 1. The first-order valence-electron chi connectivity index (χ1n) is 11.1. The Kier molecular flexibility index (Phi) is 6.48. The fourth-order valence-corrected chi connectivity index (χ4v) is 4.17. The van der Waals surface area contributed by atoms with E-state index in [1.54, 1.807) is 50.4 Å². The number of amides is 1. The molecule has 0 atom stereocenters. The van der Waals surface area contributed by atoms with E-state index < -0.39 is 11.9 Å². The average Bonchev–Trinajstić information content (AvgIpc) is 3.32. The third-order valence-corrected chi connectivity index (χ3v) is 6.03. The number of hydrazone groups is 1. The molecule has 3 aromatic rings. The number of rotatable bonds is 6. The minimum atomic E-state index is -1.04. The number of carboxylic acids is 1. The van der Waals surface area contributed by atoms with Crippen molar-refractivity contribution in [3.8, 4) is 11.4 Å². The van der Waals surface area contributed by atoms with Crippen LogP contribution in [0.5, 0.6) is 5.75 Å². The summed E-state index contributed by atoms with van der Waals surface area (Å²) in [6.45, 7) is 5.59. The normalized spacial score (nSPS) is 14.2. The van der Waals surface area contributed by atoms with Gasteiger partial charge in [-0.25, -0.2) is 9.59 Å². The zero-order valence-electron chi connectivity index (χ0n) is 20.5. The first-order valence-corrected chi connectivity index (χ1v) is 11.1. The van der Waals surface area contributed by atoms with Gasteiger partial charge in [-0.1, -0.05) is 0 Å². The van der Waals surface area contributed by atoms with E-state index >= 15 is 0 Å². The van der Waals surface area contributed by atoms with E-state index in [2.05, 4.69) is 5.10 Å². The van der Waals surface area contributed by atoms with Crippen molar-refractivity contribution in [2.24, 2.45) is 5.10 Å². The standard InChI is InChI=1S/C27H25N3O6/c1-15-12-20(17(3)29(15)23-14-19(27(34)36-5)8-11-24(23)35-4)13-22-16(2)28-30(25(22)31)21-9-6-18(7-10-21)26(32)33/h6-14H,1-5H3,(H,32,33). The summed E-state index contributed by atoms with van der Waals surface area (Å²) in [5.41, 5.74) is 5.14. The van der Waals surface area contributed by atoms with Crippen LogP contribution in [0.1, 0.15) is 44.6 Å². The molecule has 0 unspecified atom stereocenters. The van der Waals surface area contributed by atoms with Crippen molar-refractivity contribution >= 4 is 35.3 Å². The predicted octanol–water partition coefficient (Wildman–Crippen LogP) is 4.39. The van der Waals surface area contributed by atoms with E-state index in [9.17, 15) is 14.4 Å². The molecule has 0 radical (unpaired) electrons.